The van der Waals surface area contributed by atoms with Gasteiger partial charge in [0, 0.05) is 6.04 Å². The molecule has 4 nitrogen and oxygen atoms in total. The molecule has 26 heavy (non-hydrogen) atoms. The summed E-state index contributed by atoms with van der Waals surface area (Å²) in [6, 6.07) is 7.26. The Morgan fingerprint density at radius 1 is 1.00 bits per heavy atom. The molecule has 1 N–H and O–H groups in total. The standard InChI is InChI=1S/C20H26FNO3S/c1-12(2)17-11-18(13(3)10-20(17)25-6)15(5)22-26(23,24)16-7-8-19(21)14(4)9-16/h7-12,15,22H,1-6H3/t15-/m1/s1. The van der Waals surface area contributed by atoms with Gasteiger partial charge in [-0.3, -0.25) is 0 Å². The van der Waals surface area contributed by atoms with Crippen LogP contribution in [0.4, 0.5) is 4.39 Å². The zero-order valence-electron chi connectivity index (χ0n) is 16.1. The molecule has 0 amide bonds. The fourth-order valence-electron chi connectivity index (χ4n) is 2.96. The van der Waals surface area contributed by atoms with Gasteiger partial charge in [-0.25, -0.2) is 17.5 Å². The van der Waals surface area contributed by atoms with Crippen molar-refractivity contribution in [1.29, 1.82) is 0 Å². The first-order valence-electron chi connectivity index (χ1n) is 8.53. The smallest absolute Gasteiger partial charge is 0.241 e. The SMILES string of the molecule is COc1cc(C)c([C@@H](C)NS(=O)(=O)c2ccc(F)c(C)c2)cc1C(C)C. The molecule has 2 aromatic rings. The first kappa shape index (κ1) is 20.4. The Balaban J connectivity index is 2.38. The van der Waals surface area contributed by atoms with Crippen LogP contribution < -0.4 is 9.46 Å². The van der Waals surface area contributed by atoms with E-state index >= 15 is 0 Å². The van der Waals surface area contributed by atoms with E-state index < -0.39 is 21.9 Å². The molecule has 0 radical (unpaired) electrons. The highest BCUT2D eigenvalue weighted by Gasteiger charge is 2.22. The lowest BCUT2D eigenvalue weighted by molar-refractivity contribution is 0.406. The fraction of sp³-hybridized carbons (Fsp3) is 0.400. The van der Waals surface area contributed by atoms with Crippen molar-refractivity contribution >= 4 is 10.0 Å². The molecule has 0 unspecified atom stereocenters. The average Bonchev–Trinajstić information content (AvgIpc) is 2.55. The monoisotopic (exact) mass is 379 g/mol. The second-order valence-electron chi connectivity index (χ2n) is 6.86. The fourth-order valence-corrected chi connectivity index (χ4v) is 4.27. The van der Waals surface area contributed by atoms with Crippen molar-refractivity contribution < 1.29 is 17.5 Å². The second kappa shape index (κ2) is 7.76. The van der Waals surface area contributed by atoms with Crippen LogP contribution >= 0.6 is 0 Å². The molecule has 142 valence electrons. The lowest BCUT2D eigenvalue weighted by Gasteiger charge is -2.21. The van der Waals surface area contributed by atoms with E-state index in [1.165, 1.54) is 18.2 Å². The first-order valence-corrected chi connectivity index (χ1v) is 10.0. The summed E-state index contributed by atoms with van der Waals surface area (Å²) in [5.74, 6) is 0.614. The van der Waals surface area contributed by atoms with Crippen LogP contribution in [0, 0.1) is 19.7 Å². The minimum Gasteiger partial charge on any atom is -0.496 e. The lowest BCUT2D eigenvalue weighted by Crippen LogP contribution is -2.27. The van der Waals surface area contributed by atoms with Crippen molar-refractivity contribution in [2.45, 2.75) is 51.5 Å². The minimum atomic E-state index is -3.76. The maximum Gasteiger partial charge on any atom is 0.241 e. The van der Waals surface area contributed by atoms with Crippen LogP contribution in [-0.4, -0.2) is 15.5 Å². The third-order valence-electron chi connectivity index (χ3n) is 4.48. The number of hydrogen-bond acceptors (Lipinski definition) is 3. The van der Waals surface area contributed by atoms with E-state index in [9.17, 15) is 12.8 Å². The van der Waals surface area contributed by atoms with Crippen LogP contribution in [0.1, 0.15) is 55.0 Å². The van der Waals surface area contributed by atoms with Crippen LogP contribution in [0.5, 0.6) is 5.75 Å². The van der Waals surface area contributed by atoms with Gasteiger partial charge in [0.2, 0.25) is 10.0 Å². The lowest BCUT2D eigenvalue weighted by atomic mass is 9.94. The van der Waals surface area contributed by atoms with Crippen molar-refractivity contribution in [3.63, 3.8) is 0 Å². The van der Waals surface area contributed by atoms with Gasteiger partial charge >= 0.3 is 0 Å². The van der Waals surface area contributed by atoms with Crippen LogP contribution in [0.15, 0.2) is 35.2 Å². The van der Waals surface area contributed by atoms with E-state index in [-0.39, 0.29) is 10.8 Å². The van der Waals surface area contributed by atoms with E-state index in [1.54, 1.807) is 21.0 Å². The summed E-state index contributed by atoms with van der Waals surface area (Å²) in [4.78, 5) is 0.0542. The molecule has 0 saturated heterocycles. The van der Waals surface area contributed by atoms with Gasteiger partial charge in [0.15, 0.2) is 0 Å². The van der Waals surface area contributed by atoms with Gasteiger partial charge in [-0.1, -0.05) is 13.8 Å². The summed E-state index contributed by atoms with van der Waals surface area (Å²) in [6.07, 6.45) is 0. The Morgan fingerprint density at radius 2 is 1.65 bits per heavy atom. The summed E-state index contributed by atoms with van der Waals surface area (Å²) in [5.41, 5.74) is 3.15. The van der Waals surface area contributed by atoms with E-state index in [0.717, 1.165) is 22.4 Å². The van der Waals surface area contributed by atoms with Crippen molar-refractivity contribution in [1.82, 2.24) is 4.72 Å². The summed E-state index contributed by atoms with van der Waals surface area (Å²) in [7, 11) is -2.13. The van der Waals surface area contributed by atoms with Gasteiger partial charge in [0.05, 0.1) is 12.0 Å². The minimum absolute atomic E-state index is 0.0542. The van der Waals surface area contributed by atoms with Crippen LogP contribution in [-0.2, 0) is 10.0 Å². The maximum atomic E-state index is 13.4. The number of halogens is 1. The predicted octanol–water partition coefficient (Wildman–Crippen LogP) is 4.61. The number of sulfonamides is 1. The van der Waals surface area contributed by atoms with E-state index in [1.807, 2.05) is 19.1 Å². The van der Waals surface area contributed by atoms with Gasteiger partial charge in [-0.05, 0) is 79.3 Å². The summed E-state index contributed by atoms with van der Waals surface area (Å²) in [5, 5.41) is 0. The zero-order valence-corrected chi connectivity index (χ0v) is 16.9. The maximum absolute atomic E-state index is 13.4. The Morgan fingerprint density at radius 3 is 2.19 bits per heavy atom. The van der Waals surface area contributed by atoms with Gasteiger partial charge < -0.3 is 4.74 Å². The topological polar surface area (TPSA) is 55.4 Å². The molecule has 2 aromatic carbocycles. The number of hydrogen-bond donors (Lipinski definition) is 1. The molecule has 2 rings (SSSR count). The van der Waals surface area contributed by atoms with Crippen molar-refractivity contribution in [2.24, 2.45) is 0 Å². The molecular formula is C20H26FNO3S. The largest absolute Gasteiger partial charge is 0.496 e. The third-order valence-corrected chi connectivity index (χ3v) is 6.02. The quantitative estimate of drug-likeness (QED) is 0.797. The molecule has 0 aliphatic carbocycles. The molecule has 0 aliphatic heterocycles. The van der Waals surface area contributed by atoms with Gasteiger partial charge in [-0.2, -0.15) is 0 Å². The average molecular weight is 379 g/mol. The zero-order chi connectivity index (χ0) is 19.6. The van der Waals surface area contributed by atoms with Crippen molar-refractivity contribution in [3.05, 3.63) is 58.4 Å². The van der Waals surface area contributed by atoms with Gasteiger partial charge in [0.1, 0.15) is 11.6 Å². The summed E-state index contributed by atoms with van der Waals surface area (Å²) in [6.45, 7) is 9.39. The molecule has 0 heterocycles. The van der Waals surface area contributed by atoms with Crippen LogP contribution in [0.2, 0.25) is 0 Å². The summed E-state index contributed by atoms with van der Waals surface area (Å²) >= 11 is 0. The Bertz CT molecular complexity index is 908. The first-order chi connectivity index (χ1) is 12.1. The number of aryl methyl sites for hydroxylation is 2. The molecule has 0 aliphatic rings. The molecular weight excluding hydrogens is 353 g/mol. The Hall–Kier alpha value is -1.92. The van der Waals surface area contributed by atoms with Crippen LogP contribution in [0.25, 0.3) is 0 Å². The third kappa shape index (κ3) is 4.24. The predicted molar refractivity (Wildman–Crippen MR) is 102 cm³/mol. The number of methoxy groups -OCH3 is 1. The van der Waals surface area contributed by atoms with Crippen LogP contribution in [0.3, 0.4) is 0 Å². The number of benzene rings is 2. The normalized spacial score (nSPS) is 13.1. The number of nitrogens with one attached hydrogen (secondary N) is 1. The van der Waals surface area contributed by atoms with Gasteiger partial charge in [-0.15, -0.1) is 0 Å². The molecule has 6 heteroatoms. The van der Waals surface area contributed by atoms with E-state index in [4.69, 9.17) is 4.74 Å². The molecule has 0 saturated carbocycles. The van der Waals surface area contributed by atoms with E-state index in [2.05, 4.69) is 18.6 Å². The highest BCUT2D eigenvalue weighted by atomic mass is 32.2. The second-order valence-corrected chi connectivity index (χ2v) is 8.57. The molecule has 0 fully saturated rings. The summed E-state index contributed by atoms with van der Waals surface area (Å²) < 4.78 is 46.9. The van der Waals surface area contributed by atoms with Crippen molar-refractivity contribution in [2.75, 3.05) is 7.11 Å². The highest BCUT2D eigenvalue weighted by Crippen LogP contribution is 2.32. The Labute approximate surface area is 155 Å². The number of rotatable bonds is 6. The van der Waals surface area contributed by atoms with Crippen molar-refractivity contribution in [3.8, 4) is 5.75 Å². The van der Waals surface area contributed by atoms with E-state index in [0.29, 0.717) is 5.56 Å². The number of ether oxygens (including phenoxy) is 1. The highest BCUT2D eigenvalue weighted by molar-refractivity contribution is 7.89. The molecule has 0 spiro atoms. The molecule has 1 atom stereocenters. The van der Waals surface area contributed by atoms with Gasteiger partial charge in [0.25, 0.3) is 0 Å². The Kier molecular flexibility index (Phi) is 6.09. The molecule has 0 aromatic heterocycles. The molecule has 0 bridgehead atoms.